The van der Waals surface area contributed by atoms with Crippen LogP contribution in [-0.4, -0.2) is 19.9 Å². The molecule has 4 rings (SSSR count). The number of nitrogens with zero attached hydrogens (tertiary/aromatic N) is 4. The van der Waals surface area contributed by atoms with Gasteiger partial charge in [0.25, 0.3) is 0 Å². The van der Waals surface area contributed by atoms with Crippen LogP contribution >= 0.6 is 11.3 Å². The summed E-state index contributed by atoms with van der Waals surface area (Å²) in [6.07, 6.45) is 3.53. The van der Waals surface area contributed by atoms with Crippen LogP contribution in [0, 0.1) is 13.8 Å². The number of rotatable bonds is 5. The van der Waals surface area contributed by atoms with Crippen molar-refractivity contribution in [3.8, 4) is 22.6 Å². The molecule has 1 aromatic carbocycles. The Labute approximate surface area is 162 Å². The van der Waals surface area contributed by atoms with Gasteiger partial charge in [-0.05, 0) is 26.0 Å². The van der Waals surface area contributed by atoms with Crippen molar-refractivity contribution in [3.63, 3.8) is 0 Å². The summed E-state index contributed by atoms with van der Waals surface area (Å²) in [6.45, 7) is 4.65. The molecule has 0 bridgehead atoms. The minimum atomic E-state index is 0.626. The summed E-state index contributed by atoms with van der Waals surface area (Å²) < 4.78 is 0. The lowest BCUT2D eigenvalue weighted by atomic mass is 10.2. The zero-order valence-electron chi connectivity index (χ0n) is 15.2. The molecule has 0 unspecified atom stereocenters. The number of anilines is 1. The third-order valence-electron chi connectivity index (χ3n) is 4.34. The molecule has 4 aromatic rings. The Balaban J connectivity index is 1.55. The molecule has 1 N–H and O–H groups in total. The van der Waals surface area contributed by atoms with Gasteiger partial charge in [0, 0.05) is 40.2 Å². The smallest absolute Gasteiger partial charge is 0.163 e. The summed E-state index contributed by atoms with van der Waals surface area (Å²) in [7, 11) is 0. The van der Waals surface area contributed by atoms with Crippen molar-refractivity contribution in [3.05, 3.63) is 76.5 Å². The predicted octanol–water partition coefficient (Wildman–Crippen LogP) is 4.89. The molecule has 3 aromatic heterocycles. The maximum atomic E-state index is 4.73. The zero-order chi connectivity index (χ0) is 18.6. The molecule has 0 amide bonds. The van der Waals surface area contributed by atoms with Gasteiger partial charge in [0.15, 0.2) is 5.82 Å². The Morgan fingerprint density at radius 1 is 0.926 bits per heavy atom. The summed E-state index contributed by atoms with van der Waals surface area (Å²) >= 11 is 1.65. The topological polar surface area (TPSA) is 63.6 Å². The Hall–Kier alpha value is -3.12. The minimum Gasteiger partial charge on any atom is -0.363 e. The molecule has 0 fully saturated rings. The third-order valence-corrected chi connectivity index (χ3v) is 5.19. The van der Waals surface area contributed by atoms with Gasteiger partial charge in [-0.1, -0.05) is 30.3 Å². The lowest BCUT2D eigenvalue weighted by molar-refractivity contribution is 1.02. The van der Waals surface area contributed by atoms with E-state index in [4.69, 9.17) is 9.97 Å². The van der Waals surface area contributed by atoms with Crippen LogP contribution < -0.4 is 5.32 Å². The average Bonchev–Trinajstić information content (AvgIpc) is 3.19. The van der Waals surface area contributed by atoms with Crippen molar-refractivity contribution >= 4 is 17.2 Å². The molecule has 0 radical (unpaired) electrons. The molecule has 3 heterocycles. The zero-order valence-corrected chi connectivity index (χ0v) is 16.0. The molecule has 6 heteroatoms. The molecule has 0 aliphatic heterocycles. The molecule has 27 heavy (non-hydrogen) atoms. The van der Waals surface area contributed by atoms with E-state index < -0.39 is 0 Å². The number of hydrogen-bond donors (Lipinski definition) is 1. The lowest BCUT2D eigenvalue weighted by Crippen LogP contribution is -2.07. The largest absolute Gasteiger partial charge is 0.363 e. The molecule has 134 valence electrons. The second-order valence-electron chi connectivity index (χ2n) is 6.19. The Morgan fingerprint density at radius 2 is 1.74 bits per heavy atom. The number of nitrogens with one attached hydrogen (secondary N) is 1. The number of benzene rings is 1. The first-order chi connectivity index (χ1) is 13.2. The van der Waals surface area contributed by atoms with E-state index >= 15 is 0 Å². The van der Waals surface area contributed by atoms with Gasteiger partial charge in [-0.15, -0.1) is 11.3 Å². The first kappa shape index (κ1) is 17.3. The van der Waals surface area contributed by atoms with Gasteiger partial charge < -0.3 is 5.32 Å². The first-order valence-corrected chi connectivity index (χ1v) is 9.58. The van der Waals surface area contributed by atoms with Crippen molar-refractivity contribution in [2.24, 2.45) is 0 Å². The second kappa shape index (κ2) is 7.63. The number of pyridine rings is 1. The summed E-state index contributed by atoms with van der Waals surface area (Å²) in [5.41, 5.74) is 5.04. The highest BCUT2D eigenvalue weighted by Gasteiger charge is 2.11. The van der Waals surface area contributed by atoms with Crippen LogP contribution in [0.15, 0.2) is 60.2 Å². The van der Waals surface area contributed by atoms with E-state index in [1.807, 2.05) is 44.2 Å². The van der Waals surface area contributed by atoms with Crippen molar-refractivity contribution in [1.82, 2.24) is 19.9 Å². The molecular weight excluding hydrogens is 354 g/mol. The third kappa shape index (κ3) is 3.85. The molecule has 0 aliphatic carbocycles. The normalized spacial score (nSPS) is 10.7. The minimum absolute atomic E-state index is 0.626. The van der Waals surface area contributed by atoms with E-state index in [0.717, 1.165) is 38.9 Å². The van der Waals surface area contributed by atoms with Crippen LogP contribution in [0.3, 0.4) is 0 Å². The van der Waals surface area contributed by atoms with Crippen LogP contribution in [0.1, 0.15) is 16.3 Å². The standard InChI is InChI=1S/C21H19N5S/c1-14-15(2)24-21(17-9-6-10-22-11-17)26-20(14)23-12-19-25-18(13-27-19)16-7-4-3-5-8-16/h3-11,13H,12H2,1-2H3,(H,23,24,26). The summed E-state index contributed by atoms with van der Waals surface area (Å²) in [5, 5.41) is 6.53. The molecule has 0 atom stereocenters. The Kier molecular flexibility index (Phi) is 4.89. The number of thiazole rings is 1. The predicted molar refractivity (Wildman–Crippen MR) is 110 cm³/mol. The monoisotopic (exact) mass is 373 g/mol. The highest BCUT2D eigenvalue weighted by atomic mass is 32.1. The summed E-state index contributed by atoms with van der Waals surface area (Å²) in [4.78, 5) is 18.2. The van der Waals surface area contributed by atoms with Crippen LogP contribution in [-0.2, 0) is 6.54 Å². The fourth-order valence-corrected chi connectivity index (χ4v) is 3.46. The molecule has 0 spiro atoms. The van der Waals surface area contributed by atoms with Gasteiger partial charge >= 0.3 is 0 Å². The maximum Gasteiger partial charge on any atom is 0.163 e. The fourth-order valence-electron chi connectivity index (χ4n) is 2.72. The highest BCUT2D eigenvalue weighted by molar-refractivity contribution is 7.09. The molecule has 0 saturated heterocycles. The van der Waals surface area contributed by atoms with Gasteiger partial charge in [0.1, 0.15) is 10.8 Å². The first-order valence-electron chi connectivity index (χ1n) is 8.70. The molecule has 0 aliphatic rings. The molecular formula is C21H19N5S. The SMILES string of the molecule is Cc1nc(-c2cccnc2)nc(NCc2nc(-c3ccccc3)cs2)c1C. The summed E-state index contributed by atoms with van der Waals surface area (Å²) in [5.74, 6) is 1.51. The van der Waals surface area contributed by atoms with E-state index in [1.165, 1.54) is 0 Å². The average molecular weight is 373 g/mol. The van der Waals surface area contributed by atoms with Gasteiger partial charge in [-0.3, -0.25) is 4.98 Å². The van der Waals surface area contributed by atoms with Crippen LogP contribution in [0.4, 0.5) is 5.82 Å². The number of aromatic nitrogens is 4. The highest BCUT2D eigenvalue weighted by Crippen LogP contribution is 2.24. The number of hydrogen-bond acceptors (Lipinski definition) is 6. The fraction of sp³-hybridized carbons (Fsp3) is 0.143. The van der Waals surface area contributed by atoms with Crippen molar-refractivity contribution in [2.75, 3.05) is 5.32 Å². The van der Waals surface area contributed by atoms with Gasteiger partial charge in [0.2, 0.25) is 0 Å². The van der Waals surface area contributed by atoms with Crippen LogP contribution in [0.2, 0.25) is 0 Å². The summed E-state index contributed by atoms with van der Waals surface area (Å²) in [6, 6.07) is 14.1. The Morgan fingerprint density at radius 3 is 2.52 bits per heavy atom. The van der Waals surface area contributed by atoms with Gasteiger partial charge in [-0.2, -0.15) is 0 Å². The van der Waals surface area contributed by atoms with Gasteiger partial charge in [0.05, 0.1) is 12.2 Å². The van der Waals surface area contributed by atoms with E-state index in [-0.39, 0.29) is 0 Å². The maximum absolute atomic E-state index is 4.73. The second-order valence-corrected chi connectivity index (χ2v) is 7.14. The van der Waals surface area contributed by atoms with E-state index in [0.29, 0.717) is 12.4 Å². The van der Waals surface area contributed by atoms with E-state index in [9.17, 15) is 0 Å². The lowest BCUT2D eigenvalue weighted by Gasteiger charge is -2.11. The van der Waals surface area contributed by atoms with Crippen molar-refractivity contribution in [1.29, 1.82) is 0 Å². The van der Waals surface area contributed by atoms with Crippen LogP contribution in [0.25, 0.3) is 22.6 Å². The molecule has 5 nitrogen and oxygen atoms in total. The Bertz CT molecular complexity index is 1040. The molecule has 0 saturated carbocycles. The van der Waals surface area contributed by atoms with E-state index in [2.05, 4.69) is 32.8 Å². The van der Waals surface area contributed by atoms with E-state index in [1.54, 1.807) is 23.7 Å². The number of aryl methyl sites for hydroxylation is 1. The van der Waals surface area contributed by atoms with Gasteiger partial charge in [-0.25, -0.2) is 15.0 Å². The van der Waals surface area contributed by atoms with Crippen molar-refractivity contribution < 1.29 is 0 Å². The van der Waals surface area contributed by atoms with Crippen molar-refractivity contribution in [2.45, 2.75) is 20.4 Å². The van der Waals surface area contributed by atoms with Crippen LogP contribution in [0.5, 0.6) is 0 Å². The quantitative estimate of drug-likeness (QED) is 0.539.